The number of hydrogen-bond acceptors (Lipinski definition) is 5. The van der Waals surface area contributed by atoms with E-state index in [1.165, 1.54) is 0 Å². The molecule has 0 bridgehead atoms. The highest BCUT2D eigenvalue weighted by atomic mass is 32.2. The van der Waals surface area contributed by atoms with Gasteiger partial charge < -0.3 is 0 Å². The highest BCUT2D eigenvalue weighted by Gasteiger charge is 2.36. The zero-order chi connectivity index (χ0) is 18.4. The first-order valence-electron chi connectivity index (χ1n) is 7.88. The first-order chi connectivity index (χ1) is 12.6. The maximum Gasteiger partial charge on any atom is 0.294 e. The van der Waals surface area contributed by atoms with Crippen LogP contribution >= 0.6 is 11.8 Å². The smallest absolute Gasteiger partial charge is 0.271 e. The lowest BCUT2D eigenvalue weighted by Gasteiger charge is -2.12. The van der Waals surface area contributed by atoms with Crippen LogP contribution in [0.25, 0.3) is 6.08 Å². The summed E-state index contributed by atoms with van der Waals surface area (Å²) < 4.78 is 0. The van der Waals surface area contributed by atoms with Crippen LogP contribution < -0.4 is 5.48 Å². The Balaban J connectivity index is 1.54. The van der Waals surface area contributed by atoms with E-state index in [2.05, 4.69) is 5.48 Å². The molecule has 1 aliphatic rings. The van der Waals surface area contributed by atoms with Gasteiger partial charge in [0.2, 0.25) is 0 Å². The lowest BCUT2D eigenvalue weighted by atomic mass is 10.2. The molecule has 0 spiro atoms. The minimum atomic E-state index is -0.566. The summed E-state index contributed by atoms with van der Waals surface area (Å²) in [6.07, 6.45) is 1.63. The number of benzene rings is 2. The first kappa shape index (κ1) is 17.9. The summed E-state index contributed by atoms with van der Waals surface area (Å²) in [6, 6.07) is 18.5. The second-order valence-corrected chi connectivity index (χ2v) is 6.47. The Morgan fingerprint density at radius 1 is 1.04 bits per heavy atom. The topological polar surface area (TPSA) is 75.7 Å². The van der Waals surface area contributed by atoms with Crippen LogP contribution in [-0.2, 0) is 21.0 Å². The first-order valence-corrected chi connectivity index (χ1v) is 8.70. The van der Waals surface area contributed by atoms with Crippen LogP contribution in [0.2, 0.25) is 0 Å². The summed E-state index contributed by atoms with van der Waals surface area (Å²) in [4.78, 5) is 42.6. The Labute approximate surface area is 154 Å². The second kappa shape index (κ2) is 8.46. The molecule has 2 aromatic rings. The van der Waals surface area contributed by atoms with Gasteiger partial charge in [0.1, 0.15) is 6.54 Å². The fourth-order valence-electron chi connectivity index (χ4n) is 2.29. The van der Waals surface area contributed by atoms with E-state index in [1.54, 1.807) is 6.08 Å². The molecule has 0 unspecified atom stereocenters. The van der Waals surface area contributed by atoms with Gasteiger partial charge in [-0.05, 0) is 29.0 Å². The third kappa shape index (κ3) is 4.59. The second-order valence-electron chi connectivity index (χ2n) is 5.48. The average Bonchev–Trinajstić information content (AvgIpc) is 2.91. The predicted octanol–water partition coefficient (Wildman–Crippen LogP) is 2.97. The van der Waals surface area contributed by atoms with Gasteiger partial charge in [-0.15, -0.1) is 0 Å². The molecule has 0 saturated carbocycles. The van der Waals surface area contributed by atoms with Gasteiger partial charge in [0.05, 0.1) is 11.5 Å². The third-order valence-electron chi connectivity index (χ3n) is 3.54. The van der Waals surface area contributed by atoms with Crippen molar-refractivity contribution < 1.29 is 19.2 Å². The zero-order valence-corrected chi connectivity index (χ0v) is 14.6. The van der Waals surface area contributed by atoms with E-state index in [1.807, 2.05) is 60.7 Å². The van der Waals surface area contributed by atoms with Crippen molar-refractivity contribution in [2.75, 3.05) is 6.54 Å². The van der Waals surface area contributed by atoms with Crippen LogP contribution in [0.5, 0.6) is 0 Å². The van der Waals surface area contributed by atoms with Gasteiger partial charge >= 0.3 is 0 Å². The molecule has 2 aromatic carbocycles. The van der Waals surface area contributed by atoms with E-state index in [9.17, 15) is 14.4 Å². The highest BCUT2D eigenvalue weighted by molar-refractivity contribution is 8.18. The maximum absolute atomic E-state index is 12.3. The molecule has 0 aromatic heterocycles. The Hall–Kier alpha value is -2.90. The molecule has 1 aliphatic heterocycles. The van der Waals surface area contributed by atoms with Crippen molar-refractivity contribution in [1.82, 2.24) is 10.4 Å². The van der Waals surface area contributed by atoms with Gasteiger partial charge in [0.15, 0.2) is 0 Å². The molecule has 0 atom stereocenters. The molecule has 26 heavy (non-hydrogen) atoms. The van der Waals surface area contributed by atoms with Crippen LogP contribution in [0.3, 0.4) is 0 Å². The largest absolute Gasteiger partial charge is 0.294 e. The van der Waals surface area contributed by atoms with Gasteiger partial charge in [0, 0.05) is 0 Å². The molecule has 0 aliphatic carbocycles. The summed E-state index contributed by atoms with van der Waals surface area (Å²) in [5.74, 6) is -1.05. The molecule has 132 valence electrons. The van der Waals surface area contributed by atoms with E-state index in [-0.39, 0.29) is 13.2 Å². The lowest BCUT2D eigenvalue weighted by Crippen LogP contribution is -2.39. The fraction of sp³-hybridized carbons (Fsp3) is 0.105. The van der Waals surface area contributed by atoms with Gasteiger partial charge in [0.25, 0.3) is 17.1 Å². The number of thioether (sulfide) groups is 1. The van der Waals surface area contributed by atoms with Gasteiger partial charge in [-0.3, -0.25) is 24.1 Å². The number of hydroxylamine groups is 1. The Morgan fingerprint density at radius 2 is 1.69 bits per heavy atom. The molecule has 1 saturated heterocycles. The lowest BCUT2D eigenvalue weighted by molar-refractivity contribution is -0.138. The van der Waals surface area contributed by atoms with Crippen molar-refractivity contribution in [3.8, 4) is 0 Å². The van der Waals surface area contributed by atoms with Crippen molar-refractivity contribution in [3.63, 3.8) is 0 Å². The van der Waals surface area contributed by atoms with Crippen LogP contribution in [0, 0.1) is 0 Å². The van der Waals surface area contributed by atoms with Crippen molar-refractivity contribution in [2.24, 2.45) is 0 Å². The van der Waals surface area contributed by atoms with E-state index in [4.69, 9.17) is 4.84 Å². The molecule has 1 N–H and O–H groups in total. The van der Waals surface area contributed by atoms with Gasteiger partial charge in [-0.2, -0.15) is 0 Å². The summed E-state index contributed by atoms with van der Waals surface area (Å²) >= 11 is 0.817. The number of imide groups is 1. The molecule has 1 fully saturated rings. The molecule has 0 radical (unpaired) electrons. The predicted molar refractivity (Wildman–Crippen MR) is 98.5 cm³/mol. The molecule has 3 rings (SSSR count). The Bertz CT molecular complexity index is 837. The number of carbonyl (C=O) groups excluding carboxylic acids is 3. The fourth-order valence-corrected chi connectivity index (χ4v) is 3.13. The van der Waals surface area contributed by atoms with Crippen LogP contribution in [0.4, 0.5) is 4.79 Å². The van der Waals surface area contributed by atoms with E-state index < -0.39 is 17.1 Å². The standard InChI is InChI=1S/C19H16N2O4S/c22-17(20-25-13-15-9-5-2-6-10-15)12-21-18(23)16(26-19(21)24)11-14-7-3-1-4-8-14/h1-11H,12-13H2,(H,20,22)/b16-11-. The van der Waals surface area contributed by atoms with E-state index in [0.717, 1.165) is 27.8 Å². The van der Waals surface area contributed by atoms with E-state index >= 15 is 0 Å². The number of nitrogens with one attached hydrogen (secondary N) is 1. The molecule has 7 heteroatoms. The van der Waals surface area contributed by atoms with Crippen LogP contribution in [0.15, 0.2) is 65.6 Å². The summed E-state index contributed by atoms with van der Waals surface area (Å²) in [7, 11) is 0. The minimum absolute atomic E-state index is 0.197. The van der Waals surface area contributed by atoms with Crippen molar-refractivity contribution in [2.45, 2.75) is 6.61 Å². The Morgan fingerprint density at radius 3 is 2.38 bits per heavy atom. The SMILES string of the molecule is O=C(CN1C(=O)S/C(=C\c2ccccc2)C1=O)NOCc1ccccc1. The summed E-state index contributed by atoms with van der Waals surface area (Å²) in [6.45, 7) is -0.187. The highest BCUT2D eigenvalue weighted by Crippen LogP contribution is 2.31. The van der Waals surface area contributed by atoms with Crippen LogP contribution in [-0.4, -0.2) is 28.5 Å². The number of carbonyl (C=O) groups is 3. The quantitative estimate of drug-likeness (QED) is 0.627. The Kier molecular flexibility index (Phi) is 5.83. The number of amides is 3. The molecular formula is C19H16N2O4S. The molecular weight excluding hydrogens is 352 g/mol. The maximum atomic E-state index is 12.3. The van der Waals surface area contributed by atoms with Crippen LogP contribution in [0.1, 0.15) is 11.1 Å². The zero-order valence-electron chi connectivity index (χ0n) is 13.8. The number of nitrogens with zero attached hydrogens (tertiary/aromatic N) is 1. The van der Waals surface area contributed by atoms with Gasteiger partial charge in [-0.1, -0.05) is 60.7 Å². The number of hydrogen-bond donors (Lipinski definition) is 1. The normalized spacial score (nSPS) is 15.5. The third-order valence-corrected chi connectivity index (χ3v) is 4.45. The molecule has 3 amide bonds. The molecule has 1 heterocycles. The van der Waals surface area contributed by atoms with Crippen molar-refractivity contribution in [1.29, 1.82) is 0 Å². The summed E-state index contributed by atoms with van der Waals surface area (Å²) in [5.41, 5.74) is 3.96. The van der Waals surface area contributed by atoms with E-state index in [0.29, 0.717) is 4.91 Å². The minimum Gasteiger partial charge on any atom is -0.271 e. The number of rotatable bonds is 6. The van der Waals surface area contributed by atoms with Crippen molar-refractivity contribution >= 4 is 34.9 Å². The van der Waals surface area contributed by atoms with Crippen molar-refractivity contribution in [3.05, 3.63) is 76.7 Å². The molecule has 6 nitrogen and oxygen atoms in total. The van der Waals surface area contributed by atoms with Gasteiger partial charge in [-0.25, -0.2) is 5.48 Å². The average molecular weight is 368 g/mol. The summed E-state index contributed by atoms with van der Waals surface area (Å²) in [5, 5.41) is -0.476. The monoisotopic (exact) mass is 368 g/mol.